The molecule has 0 unspecified atom stereocenters. The Labute approximate surface area is 155 Å². The Bertz CT molecular complexity index is 984. The molecule has 0 radical (unpaired) electrons. The van der Waals surface area contributed by atoms with Crippen LogP contribution >= 0.6 is 0 Å². The van der Waals surface area contributed by atoms with Gasteiger partial charge in [0.2, 0.25) is 5.88 Å². The second-order valence-electron chi connectivity index (χ2n) is 7.16. The predicted octanol–water partition coefficient (Wildman–Crippen LogP) is 1.89. The first kappa shape index (κ1) is 17.4. The molecule has 0 saturated heterocycles. The summed E-state index contributed by atoms with van der Waals surface area (Å²) in [5, 5.41) is 24.4. The van der Waals surface area contributed by atoms with Gasteiger partial charge in [-0.2, -0.15) is 5.10 Å². The number of phenolic OH excluding ortho intramolecular Hbond substituents is 1. The van der Waals surface area contributed by atoms with E-state index in [-0.39, 0.29) is 29.3 Å². The standard InChI is InChI=1S/C19H22N4O4/c24-13-8-6-11(7-9-13)14-10-15(22-21-14)16-17(25)20-19(27)23(18(16)26)12-4-2-1-3-5-12/h6-9,12,14,21,24,26H,1-5,10H2,(H,20,25,27)/t14-/m1/s1. The lowest BCUT2D eigenvalue weighted by molar-refractivity contribution is 0.298. The molecule has 1 fully saturated rings. The first-order valence-electron chi connectivity index (χ1n) is 9.24. The van der Waals surface area contributed by atoms with Gasteiger partial charge in [0.15, 0.2) is 0 Å². The van der Waals surface area contributed by atoms with Crippen LogP contribution in [0.5, 0.6) is 11.6 Å². The van der Waals surface area contributed by atoms with E-state index in [1.54, 1.807) is 24.3 Å². The number of H-pyrrole nitrogens is 1. The maximum absolute atomic E-state index is 12.4. The number of aromatic amines is 1. The van der Waals surface area contributed by atoms with E-state index >= 15 is 0 Å². The summed E-state index contributed by atoms with van der Waals surface area (Å²) in [6.07, 6.45) is 5.12. The molecule has 2 heterocycles. The highest BCUT2D eigenvalue weighted by Gasteiger charge is 2.29. The maximum atomic E-state index is 12.4. The van der Waals surface area contributed by atoms with E-state index in [9.17, 15) is 19.8 Å². The number of aromatic nitrogens is 2. The fourth-order valence-corrected chi connectivity index (χ4v) is 3.97. The van der Waals surface area contributed by atoms with Crippen LogP contribution in [0.25, 0.3) is 0 Å². The molecule has 0 amide bonds. The molecule has 1 aliphatic carbocycles. The predicted molar refractivity (Wildman–Crippen MR) is 100 cm³/mol. The molecule has 4 rings (SSSR count). The van der Waals surface area contributed by atoms with Crippen molar-refractivity contribution in [1.82, 2.24) is 15.0 Å². The summed E-state index contributed by atoms with van der Waals surface area (Å²) in [5.41, 5.74) is 3.13. The SMILES string of the molecule is O=c1[nH]c(=O)n(C2CCCCC2)c(O)c1C1=NN[C@@H](c2ccc(O)cc2)C1. The highest BCUT2D eigenvalue weighted by Crippen LogP contribution is 2.32. The summed E-state index contributed by atoms with van der Waals surface area (Å²) in [5.74, 6) is -0.130. The summed E-state index contributed by atoms with van der Waals surface area (Å²) < 4.78 is 1.31. The van der Waals surface area contributed by atoms with Crippen molar-refractivity contribution in [3.63, 3.8) is 0 Å². The molecule has 27 heavy (non-hydrogen) atoms. The molecule has 1 atom stereocenters. The zero-order chi connectivity index (χ0) is 19.0. The van der Waals surface area contributed by atoms with Gasteiger partial charge in [0, 0.05) is 12.5 Å². The summed E-state index contributed by atoms with van der Waals surface area (Å²) in [6, 6.07) is 6.45. The molecule has 1 saturated carbocycles. The third-order valence-corrected chi connectivity index (χ3v) is 5.39. The minimum Gasteiger partial charge on any atom is -0.508 e. The fraction of sp³-hybridized carbons (Fsp3) is 0.421. The highest BCUT2D eigenvalue weighted by atomic mass is 16.3. The Morgan fingerprint density at radius 3 is 2.44 bits per heavy atom. The largest absolute Gasteiger partial charge is 0.508 e. The van der Waals surface area contributed by atoms with Gasteiger partial charge in [-0.15, -0.1) is 0 Å². The van der Waals surface area contributed by atoms with E-state index in [0.29, 0.717) is 12.1 Å². The number of hydrazone groups is 1. The Balaban J connectivity index is 1.67. The molecule has 0 bridgehead atoms. The minimum atomic E-state index is -0.628. The number of nitrogens with zero attached hydrogens (tertiary/aromatic N) is 2. The highest BCUT2D eigenvalue weighted by molar-refractivity contribution is 6.03. The average Bonchev–Trinajstić information content (AvgIpc) is 3.12. The van der Waals surface area contributed by atoms with Crippen LogP contribution in [0, 0.1) is 0 Å². The summed E-state index contributed by atoms with van der Waals surface area (Å²) in [4.78, 5) is 27.0. The van der Waals surface area contributed by atoms with Gasteiger partial charge < -0.3 is 15.6 Å². The van der Waals surface area contributed by atoms with Crippen LogP contribution in [-0.4, -0.2) is 25.5 Å². The fourth-order valence-electron chi connectivity index (χ4n) is 3.97. The maximum Gasteiger partial charge on any atom is 0.331 e. The Morgan fingerprint density at radius 2 is 1.74 bits per heavy atom. The number of phenols is 1. The molecular formula is C19H22N4O4. The zero-order valence-electron chi connectivity index (χ0n) is 14.8. The smallest absolute Gasteiger partial charge is 0.331 e. The van der Waals surface area contributed by atoms with Crippen LogP contribution in [0.15, 0.2) is 39.0 Å². The number of hydrogen-bond acceptors (Lipinski definition) is 6. The number of benzene rings is 1. The van der Waals surface area contributed by atoms with Crippen LogP contribution in [0.1, 0.15) is 61.7 Å². The minimum absolute atomic E-state index is 0.0500. The van der Waals surface area contributed by atoms with E-state index in [1.807, 2.05) is 0 Å². The van der Waals surface area contributed by atoms with Gasteiger partial charge >= 0.3 is 5.69 Å². The van der Waals surface area contributed by atoms with E-state index in [1.165, 1.54) is 4.57 Å². The molecule has 0 spiro atoms. The Morgan fingerprint density at radius 1 is 1.04 bits per heavy atom. The lowest BCUT2D eigenvalue weighted by Gasteiger charge is -2.25. The summed E-state index contributed by atoms with van der Waals surface area (Å²) in [7, 11) is 0. The molecule has 1 aromatic carbocycles. The molecule has 2 aliphatic rings. The van der Waals surface area contributed by atoms with Crippen LogP contribution in [-0.2, 0) is 0 Å². The summed E-state index contributed by atoms with van der Waals surface area (Å²) in [6.45, 7) is 0. The third kappa shape index (κ3) is 3.22. The van der Waals surface area contributed by atoms with Crippen molar-refractivity contribution in [1.29, 1.82) is 0 Å². The van der Waals surface area contributed by atoms with Gasteiger partial charge in [0.05, 0.1) is 11.8 Å². The first-order chi connectivity index (χ1) is 13.0. The Kier molecular flexibility index (Phi) is 4.47. The number of hydrogen-bond donors (Lipinski definition) is 4. The van der Waals surface area contributed by atoms with Gasteiger partial charge in [-0.3, -0.25) is 14.3 Å². The second kappa shape index (κ2) is 6.94. The third-order valence-electron chi connectivity index (χ3n) is 5.39. The van der Waals surface area contributed by atoms with Gasteiger partial charge in [-0.25, -0.2) is 4.79 Å². The molecule has 1 aromatic heterocycles. The molecular weight excluding hydrogens is 348 g/mol. The first-order valence-corrected chi connectivity index (χ1v) is 9.24. The second-order valence-corrected chi connectivity index (χ2v) is 7.16. The topological polar surface area (TPSA) is 120 Å². The van der Waals surface area contributed by atoms with E-state index in [0.717, 1.165) is 37.7 Å². The monoisotopic (exact) mass is 370 g/mol. The Hall–Kier alpha value is -3.03. The molecule has 8 nitrogen and oxygen atoms in total. The van der Waals surface area contributed by atoms with Crippen molar-refractivity contribution < 1.29 is 10.2 Å². The lowest BCUT2D eigenvalue weighted by atomic mass is 9.95. The molecule has 2 aromatic rings. The van der Waals surface area contributed by atoms with E-state index in [4.69, 9.17) is 0 Å². The zero-order valence-corrected chi connectivity index (χ0v) is 14.8. The molecule has 8 heteroatoms. The normalized spacial score (nSPS) is 20.3. The van der Waals surface area contributed by atoms with Gasteiger partial charge in [0.25, 0.3) is 5.56 Å². The van der Waals surface area contributed by atoms with E-state index in [2.05, 4.69) is 15.5 Å². The van der Waals surface area contributed by atoms with Crippen LogP contribution in [0.4, 0.5) is 0 Å². The molecule has 1 aliphatic heterocycles. The number of rotatable bonds is 3. The lowest BCUT2D eigenvalue weighted by Crippen LogP contribution is -2.36. The van der Waals surface area contributed by atoms with Crippen LogP contribution in [0.3, 0.4) is 0 Å². The molecule has 142 valence electrons. The average molecular weight is 370 g/mol. The van der Waals surface area contributed by atoms with Crippen molar-refractivity contribution in [3.8, 4) is 11.6 Å². The van der Waals surface area contributed by atoms with Gasteiger partial charge in [-0.1, -0.05) is 31.4 Å². The number of aromatic hydroxyl groups is 2. The van der Waals surface area contributed by atoms with Crippen molar-refractivity contribution in [3.05, 3.63) is 56.2 Å². The molecule has 4 N–H and O–H groups in total. The van der Waals surface area contributed by atoms with Crippen LogP contribution in [0.2, 0.25) is 0 Å². The van der Waals surface area contributed by atoms with Crippen molar-refractivity contribution in [2.75, 3.05) is 0 Å². The van der Waals surface area contributed by atoms with Crippen LogP contribution < -0.4 is 16.7 Å². The van der Waals surface area contributed by atoms with Crippen molar-refractivity contribution in [2.45, 2.75) is 50.6 Å². The summed E-state index contributed by atoms with van der Waals surface area (Å²) >= 11 is 0. The van der Waals surface area contributed by atoms with Crippen molar-refractivity contribution >= 4 is 5.71 Å². The number of nitrogens with one attached hydrogen (secondary N) is 2. The quantitative estimate of drug-likeness (QED) is 0.658. The van der Waals surface area contributed by atoms with Crippen molar-refractivity contribution in [2.24, 2.45) is 5.10 Å². The van der Waals surface area contributed by atoms with Gasteiger partial charge in [-0.05, 0) is 30.5 Å². The van der Waals surface area contributed by atoms with Gasteiger partial charge in [0.1, 0.15) is 11.3 Å². The van der Waals surface area contributed by atoms with E-state index < -0.39 is 11.2 Å².